The first-order valence-electron chi connectivity index (χ1n) is 6.44. The Balaban J connectivity index is 2.54. The molecule has 0 unspecified atom stereocenters. The average Bonchev–Trinajstić information content (AvgIpc) is 2.34. The molecule has 1 nitrogen and oxygen atoms in total. The van der Waals surface area contributed by atoms with E-state index < -0.39 is 17.6 Å². The Hall–Kier alpha value is -1.26. The van der Waals surface area contributed by atoms with Gasteiger partial charge in [-0.3, -0.25) is 0 Å². The second kappa shape index (κ2) is 7.36. The van der Waals surface area contributed by atoms with Gasteiger partial charge in [0, 0.05) is 0 Å². The molecule has 0 spiro atoms. The van der Waals surface area contributed by atoms with Crippen LogP contribution in [-0.4, -0.2) is 6.61 Å². The van der Waals surface area contributed by atoms with E-state index in [1.165, 1.54) is 0 Å². The zero-order chi connectivity index (χ0) is 14.3. The molecule has 0 aromatic heterocycles. The van der Waals surface area contributed by atoms with Gasteiger partial charge in [-0.25, -0.2) is 4.39 Å². The minimum Gasteiger partial charge on any atom is -0.493 e. The van der Waals surface area contributed by atoms with Gasteiger partial charge in [0.1, 0.15) is 17.1 Å². The van der Waals surface area contributed by atoms with Crippen molar-refractivity contribution in [3.8, 4) is 5.75 Å². The molecule has 1 rings (SSSR count). The Kier molecular flexibility index (Phi) is 6.12. The van der Waals surface area contributed by atoms with Crippen LogP contribution in [-0.2, 0) is 6.18 Å². The zero-order valence-electron chi connectivity index (χ0n) is 10.9. The van der Waals surface area contributed by atoms with E-state index in [1.54, 1.807) is 0 Å². The van der Waals surface area contributed by atoms with E-state index in [9.17, 15) is 17.6 Å². The molecule has 0 atom stereocenters. The van der Waals surface area contributed by atoms with Gasteiger partial charge >= 0.3 is 6.18 Å². The maximum Gasteiger partial charge on any atom is 0.420 e. The van der Waals surface area contributed by atoms with Gasteiger partial charge in [-0.2, -0.15) is 13.2 Å². The molecule has 1 aromatic carbocycles. The normalized spacial score (nSPS) is 11.6. The summed E-state index contributed by atoms with van der Waals surface area (Å²) in [5, 5.41) is 0. The van der Waals surface area contributed by atoms with Crippen LogP contribution in [0.3, 0.4) is 0 Å². The quantitative estimate of drug-likeness (QED) is 0.492. The first-order valence-corrected chi connectivity index (χ1v) is 6.44. The third-order valence-electron chi connectivity index (χ3n) is 2.75. The smallest absolute Gasteiger partial charge is 0.420 e. The molecule has 19 heavy (non-hydrogen) atoms. The summed E-state index contributed by atoms with van der Waals surface area (Å²) in [6.45, 7) is 2.31. The molecule has 0 saturated carbocycles. The van der Waals surface area contributed by atoms with Crippen LogP contribution in [0.2, 0.25) is 0 Å². The maximum atomic E-state index is 12.8. The molecule has 0 bridgehead atoms. The van der Waals surface area contributed by atoms with Crippen molar-refractivity contribution >= 4 is 0 Å². The highest BCUT2D eigenvalue weighted by atomic mass is 19.4. The van der Waals surface area contributed by atoms with Gasteiger partial charge in [-0.05, 0) is 24.6 Å². The number of alkyl halides is 3. The number of halogens is 4. The summed E-state index contributed by atoms with van der Waals surface area (Å²) < 4.78 is 55.9. The summed E-state index contributed by atoms with van der Waals surface area (Å²) in [4.78, 5) is 0. The molecule has 1 aromatic rings. The number of rotatable bonds is 7. The molecule has 0 radical (unpaired) electrons. The molecule has 0 aliphatic rings. The summed E-state index contributed by atoms with van der Waals surface area (Å²) in [6, 6.07) is 2.47. The third-order valence-corrected chi connectivity index (χ3v) is 2.75. The molecule has 0 amide bonds. The van der Waals surface area contributed by atoms with Crippen molar-refractivity contribution in [3.63, 3.8) is 0 Å². The third kappa shape index (κ3) is 5.49. The summed E-state index contributed by atoms with van der Waals surface area (Å²) in [5.74, 6) is -1.22. The second-order valence-electron chi connectivity index (χ2n) is 4.40. The number of ether oxygens (including phenoxy) is 1. The fourth-order valence-electron chi connectivity index (χ4n) is 1.74. The van der Waals surface area contributed by atoms with Crippen molar-refractivity contribution in [2.24, 2.45) is 0 Å². The Morgan fingerprint density at radius 3 is 2.37 bits per heavy atom. The zero-order valence-corrected chi connectivity index (χ0v) is 10.9. The Morgan fingerprint density at radius 2 is 1.74 bits per heavy atom. The van der Waals surface area contributed by atoms with Gasteiger partial charge in [0.2, 0.25) is 0 Å². The lowest BCUT2D eigenvalue weighted by atomic mass is 10.1. The summed E-state index contributed by atoms with van der Waals surface area (Å²) >= 11 is 0. The highest BCUT2D eigenvalue weighted by Gasteiger charge is 2.34. The minimum absolute atomic E-state index is 0.221. The molecule has 0 heterocycles. The predicted molar refractivity (Wildman–Crippen MR) is 65.7 cm³/mol. The van der Waals surface area contributed by atoms with Gasteiger partial charge in [0.25, 0.3) is 0 Å². The lowest BCUT2D eigenvalue weighted by molar-refractivity contribution is -0.139. The largest absolute Gasteiger partial charge is 0.493 e. The second-order valence-corrected chi connectivity index (χ2v) is 4.40. The van der Waals surface area contributed by atoms with Crippen molar-refractivity contribution in [2.45, 2.75) is 45.2 Å². The van der Waals surface area contributed by atoms with Gasteiger partial charge < -0.3 is 4.74 Å². The van der Waals surface area contributed by atoms with E-state index in [1.807, 2.05) is 0 Å². The fourth-order valence-corrected chi connectivity index (χ4v) is 1.74. The molecular formula is C14H18F4O. The Morgan fingerprint density at radius 1 is 1.05 bits per heavy atom. The van der Waals surface area contributed by atoms with Crippen molar-refractivity contribution in [1.29, 1.82) is 0 Å². The summed E-state index contributed by atoms with van der Waals surface area (Å²) in [5.41, 5.74) is -1.05. The lowest BCUT2D eigenvalue weighted by Gasteiger charge is -2.13. The average molecular weight is 278 g/mol. The van der Waals surface area contributed by atoms with Crippen molar-refractivity contribution < 1.29 is 22.3 Å². The predicted octanol–water partition coefficient (Wildman–Crippen LogP) is 5.19. The Labute approximate surface area is 110 Å². The molecule has 0 N–H and O–H groups in total. The number of unbranched alkanes of at least 4 members (excludes halogenated alkanes) is 4. The van der Waals surface area contributed by atoms with E-state index in [0.717, 1.165) is 37.8 Å². The first kappa shape index (κ1) is 15.8. The first-order chi connectivity index (χ1) is 8.95. The number of hydrogen-bond donors (Lipinski definition) is 0. The highest BCUT2D eigenvalue weighted by Crippen LogP contribution is 2.36. The summed E-state index contributed by atoms with van der Waals surface area (Å²) in [7, 11) is 0. The monoisotopic (exact) mass is 278 g/mol. The van der Waals surface area contributed by atoms with Crippen LogP contribution in [0.1, 0.15) is 44.6 Å². The van der Waals surface area contributed by atoms with Crippen molar-refractivity contribution in [1.82, 2.24) is 0 Å². The van der Waals surface area contributed by atoms with E-state index in [2.05, 4.69) is 6.92 Å². The summed E-state index contributed by atoms with van der Waals surface area (Å²) in [6.07, 6.45) is 0.307. The molecule has 0 aliphatic carbocycles. The molecule has 5 heteroatoms. The van der Waals surface area contributed by atoms with E-state index in [0.29, 0.717) is 12.5 Å². The van der Waals surface area contributed by atoms with Crippen LogP contribution in [0.15, 0.2) is 18.2 Å². The van der Waals surface area contributed by atoms with Crippen molar-refractivity contribution in [2.75, 3.05) is 6.61 Å². The van der Waals surface area contributed by atoms with Crippen LogP contribution in [0.25, 0.3) is 0 Å². The van der Waals surface area contributed by atoms with Crippen LogP contribution >= 0.6 is 0 Å². The van der Waals surface area contributed by atoms with Crippen LogP contribution in [0.4, 0.5) is 17.6 Å². The lowest BCUT2D eigenvalue weighted by Crippen LogP contribution is -2.10. The van der Waals surface area contributed by atoms with E-state index in [4.69, 9.17) is 4.74 Å². The maximum absolute atomic E-state index is 12.8. The van der Waals surface area contributed by atoms with Crippen LogP contribution in [0, 0.1) is 5.82 Å². The number of benzene rings is 1. The van der Waals surface area contributed by atoms with E-state index >= 15 is 0 Å². The molecule has 0 aliphatic heterocycles. The van der Waals surface area contributed by atoms with Gasteiger partial charge in [-0.1, -0.05) is 32.6 Å². The van der Waals surface area contributed by atoms with E-state index in [-0.39, 0.29) is 12.4 Å². The molecule has 0 fully saturated rings. The van der Waals surface area contributed by atoms with Gasteiger partial charge in [0.15, 0.2) is 0 Å². The topological polar surface area (TPSA) is 9.23 Å². The minimum atomic E-state index is -4.60. The standard InChI is InChI=1S/C14H18F4O/c1-2-3-4-5-6-9-19-13-8-7-11(15)10-12(13)14(16,17)18/h7-8,10H,2-6,9H2,1H3. The van der Waals surface area contributed by atoms with Crippen LogP contribution < -0.4 is 4.74 Å². The molecular weight excluding hydrogens is 260 g/mol. The van der Waals surface area contributed by atoms with Crippen molar-refractivity contribution in [3.05, 3.63) is 29.6 Å². The molecule has 0 saturated heterocycles. The van der Waals surface area contributed by atoms with Gasteiger partial charge in [-0.15, -0.1) is 0 Å². The SMILES string of the molecule is CCCCCCCOc1ccc(F)cc1C(F)(F)F. The fraction of sp³-hybridized carbons (Fsp3) is 0.571. The molecule has 108 valence electrons. The number of hydrogen-bond acceptors (Lipinski definition) is 1. The Bertz CT molecular complexity index is 388. The van der Waals surface area contributed by atoms with Crippen LogP contribution in [0.5, 0.6) is 5.75 Å². The highest BCUT2D eigenvalue weighted by molar-refractivity contribution is 5.36. The van der Waals surface area contributed by atoms with Gasteiger partial charge in [0.05, 0.1) is 6.61 Å².